The van der Waals surface area contributed by atoms with Crippen molar-refractivity contribution in [2.24, 2.45) is 5.41 Å². The fourth-order valence-electron chi connectivity index (χ4n) is 5.31. The highest BCUT2D eigenvalue weighted by molar-refractivity contribution is 7.92. The summed E-state index contributed by atoms with van der Waals surface area (Å²) in [5.41, 5.74) is 4.19. The zero-order valence-electron chi connectivity index (χ0n) is 20.5. The maximum Gasteiger partial charge on any atom is 0.232 e. The minimum atomic E-state index is -3.40. The number of anilines is 1. The van der Waals surface area contributed by atoms with Gasteiger partial charge in [0.15, 0.2) is 0 Å². The zero-order chi connectivity index (χ0) is 24.6. The number of aromatic nitrogens is 1. The summed E-state index contributed by atoms with van der Waals surface area (Å²) in [7, 11) is -3.40. The Morgan fingerprint density at radius 3 is 2.46 bits per heavy atom. The van der Waals surface area contributed by atoms with Crippen LogP contribution in [0, 0.1) is 16.7 Å². The first-order valence-electron chi connectivity index (χ1n) is 12.6. The number of nitrogens with one attached hydrogen (secondary N) is 1. The van der Waals surface area contributed by atoms with Gasteiger partial charge in [-0.1, -0.05) is 25.5 Å². The molecule has 1 N–H and O–H groups in total. The van der Waals surface area contributed by atoms with E-state index >= 15 is 0 Å². The summed E-state index contributed by atoms with van der Waals surface area (Å²) in [6, 6.07) is 16.1. The van der Waals surface area contributed by atoms with Crippen molar-refractivity contribution in [1.82, 2.24) is 4.57 Å². The molecule has 1 heterocycles. The predicted octanol–water partition coefficient (Wildman–Crippen LogP) is 6.63. The Labute approximate surface area is 208 Å². The van der Waals surface area contributed by atoms with Gasteiger partial charge >= 0.3 is 0 Å². The summed E-state index contributed by atoms with van der Waals surface area (Å²) in [5.74, 6) is 0.941. The van der Waals surface area contributed by atoms with Crippen LogP contribution in [-0.2, 0) is 10.0 Å². The quantitative estimate of drug-likeness (QED) is 0.364. The van der Waals surface area contributed by atoms with Crippen LogP contribution in [0.5, 0.6) is 5.75 Å². The molecule has 2 aliphatic carbocycles. The molecular weight excluding hydrogens is 458 g/mol. The monoisotopic (exact) mass is 491 g/mol. The van der Waals surface area contributed by atoms with E-state index in [0.717, 1.165) is 53.6 Å². The molecule has 2 saturated carbocycles. The van der Waals surface area contributed by atoms with Crippen LogP contribution in [0.3, 0.4) is 0 Å². The van der Waals surface area contributed by atoms with Crippen LogP contribution in [0.15, 0.2) is 42.5 Å². The number of nitrogens with zero attached hydrogens (tertiary/aromatic N) is 2. The minimum Gasteiger partial charge on any atom is -0.494 e. The summed E-state index contributed by atoms with van der Waals surface area (Å²) >= 11 is 0. The predicted molar refractivity (Wildman–Crippen MR) is 140 cm³/mol. The van der Waals surface area contributed by atoms with Gasteiger partial charge < -0.3 is 9.30 Å². The van der Waals surface area contributed by atoms with E-state index in [0.29, 0.717) is 30.3 Å². The normalized spacial score (nSPS) is 17.4. The molecule has 0 unspecified atom stereocenters. The Balaban J connectivity index is 1.46. The fraction of sp³-hybridized carbons (Fsp3) is 0.464. The number of hydrogen-bond donors (Lipinski definition) is 1. The van der Waals surface area contributed by atoms with E-state index in [1.165, 1.54) is 12.8 Å². The molecule has 0 aliphatic heterocycles. The van der Waals surface area contributed by atoms with Gasteiger partial charge in [-0.2, -0.15) is 5.26 Å². The fourth-order valence-corrected chi connectivity index (χ4v) is 6.66. The third-order valence-electron chi connectivity index (χ3n) is 7.81. The van der Waals surface area contributed by atoms with Crippen LogP contribution in [0.1, 0.15) is 70.4 Å². The topological polar surface area (TPSA) is 84.1 Å². The molecule has 6 nitrogen and oxygen atoms in total. The van der Waals surface area contributed by atoms with Crippen molar-refractivity contribution in [3.8, 4) is 23.1 Å². The Morgan fingerprint density at radius 2 is 1.89 bits per heavy atom. The number of benzene rings is 2. The van der Waals surface area contributed by atoms with Crippen molar-refractivity contribution < 1.29 is 13.2 Å². The number of nitriles is 1. The maximum atomic E-state index is 12.7. The summed E-state index contributed by atoms with van der Waals surface area (Å²) < 4.78 is 36.1. The van der Waals surface area contributed by atoms with Gasteiger partial charge in [-0.3, -0.25) is 4.72 Å². The van der Waals surface area contributed by atoms with Crippen molar-refractivity contribution in [2.75, 3.05) is 17.1 Å². The Bertz CT molecular complexity index is 1380. The van der Waals surface area contributed by atoms with E-state index in [1.54, 1.807) is 12.1 Å². The van der Waals surface area contributed by atoms with Crippen molar-refractivity contribution in [3.05, 3.63) is 48.0 Å². The summed E-state index contributed by atoms with van der Waals surface area (Å²) in [6.45, 7) is 4.72. The Morgan fingerprint density at radius 1 is 1.14 bits per heavy atom. The molecule has 35 heavy (non-hydrogen) atoms. The average molecular weight is 492 g/mol. The molecule has 1 aromatic heterocycles. The lowest BCUT2D eigenvalue weighted by Crippen LogP contribution is -2.29. The third-order valence-corrected chi connectivity index (χ3v) is 9.09. The zero-order valence-corrected chi connectivity index (χ0v) is 21.3. The molecule has 2 aliphatic rings. The van der Waals surface area contributed by atoms with Crippen LogP contribution >= 0.6 is 0 Å². The van der Waals surface area contributed by atoms with Gasteiger partial charge in [-0.15, -0.1) is 0 Å². The van der Waals surface area contributed by atoms with E-state index in [1.807, 2.05) is 37.3 Å². The molecule has 0 amide bonds. The number of rotatable bonds is 9. The highest BCUT2D eigenvalue weighted by Gasteiger charge is 2.33. The van der Waals surface area contributed by atoms with Crippen molar-refractivity contribution >= 4 is 26.6 Å². The molecule has 7 heteroatoms. The lowest BCUT2D eigenvalue weighted by atomic mass is 9.69. The highest BCUT2D eigenvalue weighted by Crippen LogP contribution is 2.44. The molecule has 0 atom stereocenters. The van der Waals surface area contributed by atoms with Crippen LogP contribution < -0.4 is 9.46 Å². The molecule has 184 valence electrons. The lowest BCUT2D eigenvalue weighted by Gasteiger charge is -2.38. The van der Waals surface area contributed by atoms with Gasteiger partial charge in [0.1, 0.15) is 11.8 Å². The second kappa shape index (κ2) is 9.23. The van der Waals surface area contributed by atoms with E-state index in [2.05, 4.69) is 22.3 Å². The average Bonchev–Trinajstić information content (AvgIpc) is 3.09. The van der Waals surface area contributed by atoms with E-state index in [4.69, 9.17) is 4.74 Å². The van der Waals surface area contributed by atoms with E-state index in [-0.39, 0.29) is 11.2 Å². The Hall–Kier alpha value is -2.98. The standard InChI is InChI=1S/C28H33N3O3S/c1-3-34-23-12-13-24-25(19-29)27(31(26(24)18-23)22-6-4-7-22)20-8-10-21(11-9-20)30-35(32,33)17-16-28(2)14-5-15-28/h8-13,18,22,30H,3-7,14-17H2,1-2H3. The second-order valence-electron chi connectivity index (χ2n) is 10.3. The highest BCUT2D eigenvalue weighted by atomic mass is 32.2. The molecule has 2 aromatic carbocycles. The molecule has 0 saturated heterocycles. The molecule has 0 radical (unpaired) electrons. The lowest BCUT2D eigenvalue weighted by molar-refractivity contribution is 0.156. The molecule has 0 bridgehead atoms. The first-order chi connectivity index (χ1) is 16.8. The number of fused-ring (bicyclic) bond motifs is 1. The summed E-state index contributed by atoms with van der Waals surface area (Å²) in [5, 5.41) is 11.0. The molecule has 0 spiro atoms. The smallest absolute Gasteiger partial charge is 0.232 e. The van der Waals surface area contributed by atoms with Gasteiger partial charge in [-0.05, 0) is 80.7 Å². The maximum absolute atomic E-state index is 12.7. The van der Waals surface area contributed by atoms with Crippen LogP contribution in [0.4, 0.5) is 5.69 Å². The minimum absolute atomic E-state index is 0.141. The van der Waals surface area contributed by atoms with Crippen LogP contribution in [-0.4, -0.2) is 25.3 Å². The van der Waals surface area contributed by atoms with E-state index < -0.39 is 10.0 Å². The van der Waals surface area contributed by atoms with Gasteiger partial charge in [0.25, 0.3) is 0 Å². The first kappa shape index (κ1) is 23.7. The third kappa shape index (κ3) is 4.64. The van der Waals surface area contributed by atoms with Crippen molar-refractivity contribution in [1.29, 1.82) is 5.26 Å². The van der Waals surface area contributed by atoms with Crippen molar-refractivity contribution in [2.45, 2.75) is 64.8 Å². The first-order valence-corrected chi connectivity index (χ1v) is 14.3. The van der Waals surface area contributed by atoms with Gasteiger partial charge in [0, 0.05) is 23.2 Å². The number of hydrogen-bond acceptors (Lipinski definition) is 4. The summed E-state index contributed by atoms with van der Waals surface area (Å²) in [4.78, 5) is 0. The molecule has 3 aromatic rings. The number of ether oxygens (including phenoxy) is 1. The summed E-state index contributed by atoms with van der Waals surface area (Å²) in [6.07, 6.45) is 7.45. The van der Waals surface area contributed by atoms with E-state index in [9.17, 15) is 13.7 Å². The van der Waals surface area contributed by atoms with Crippen LogP contribution in [0.25, 0.3) is 22.2 Å². The van der Waals surface area contributed by atoms with Gasteiger partial charge in [0.2, 0.25) is 10.0 Å². The largest absolute Gasteiger partial charge is 0.494 e. The molecule has 5 rings (SSSR count). The second-order valence-corrected chi connectivity index (χ2v) is 12.2. The SMILES string of the molecule is CCOc1ccc2c(C#N)c(-c3ccc(NS(=O)(=O)CCC4(C)CCC4)cc3)n(C3CCC3)c2c1. The van der Waals surface area contributed by atoms with Gasteiger partial charge in [-0.25, -0.2) is 8.42 Å². The molecular formula is C28H33N3O3S. The van der Waals surface area contributed by atoms with Crippen LogP contribution in [0.2, 0.25) is 0 Å². The number of sulfonamides is 1. The molecule has 2 fully saturated rings. The van der Waals surface area contributed by atoms with Crippen molar-refractivity contribution in [3.63, 3.8) is 0 Å². The Kier molecular flexibility index (Phi) is 6.27. The van der Waals surface area contributed by atoms with Gasteiger partial charge in [0.05, 0.1) is 29.1 Å².